The van der Waals surface area contributed by atoms with Crippen molar-refractivity contribution in [3.05, 3.63) is 29.8 Å². The maximum atomic E-state index is 11.3. The first-order valence-electron chi connectivity index (χ1n) is 5.42. The normalized spacial score (nSPS) is 25.8. The van der Waals surface area contributed by atoms with Crippen molar-refractivity contribution in [1.29, 1.82) is 0 Å². The van der Waals surface area contributed by atoms with Crippen LogP contribution in [-0.4, -0.2) is 43.1 Å². The molecule has 0 spiro atoms. The Morgan fingerprint density at radius 1 is 1.28 bits per heavy atom. The van der Waals surface area contributed by atoms with E-state index in [9.17, 15) is 18.3 Å². The van der Waals surface area contributed by atoms with E-state index in [1.165, 1.54) is 0 Å². The van der Waals surface area contributed by atoms with Crippen molar-refractivity contribution in [2.75, 3.05) is 16.8 Å². The summed E-state index contributed by atoms with van der Waals surface area (Å²) in [6.45, 7) is 0. The van der Waals surface area contributed by atoms with Crippen molar-refractivity contribution in [3.63, 3.8) is 0 Å². The summed E-state index contributed by atoms with van der Waals surface area (Å²) in [5.74, 6) is -0.833. The first-order chi connectivity index (χ1) is 8.37. The van der Waals surface area contributed by atoms with Crippen LogP contribution in [0, 0.1) is 0 Å². The maximum Gasteiger partial charge on any atom is 0.248 e. The number of nitrogens with one attached hydrogen (secondary N) is 1. The molecule has 0 bridgehead atoms. The van der Waals surface area contributed by atoms with E-state index in [1.807, 2.05) is 0 Å². The molecule has 1 aromatic rings. The fraction of sp³-hybridized carbons (Fsp3) is 0.364. The molecule has 98 valence electrons. The van der Waals surface area contributed by atoms with Crippen LogP contribution in [0.25, 0.3) is 0 Å². The van der Waals surface area contributed by atoms with E-state index in [4.69, 9.17) is 5.73 Å². The van der Waals surface area contributed by atoms with Gasteiger partial charge in [0.15, 0.2) is 9.84 Å². The SMILES string of the molecule is NC(=O)c1ccc(NC2CS(=O)(=O)CC2O)cc1. The molecule has 0 aliphatic carbocycles. The zero-order valence-corrected chi connectivity index (χ0v) is 10.4. The van der Waals surface area contributed by atoms with Gasteiger partial charge in [0, 0.05) is 11.3 Å². The molecule has 2 atom stereocenters. The summed E-state index contributed by atoms with van der Waals surface area (Å²) in [5.41, 5.74) is 6.12. The summed E-state index contributed by atoms with van der Waals surface area (Å²) < 4.78 is 22.6. The number of hydrogen-bond donors (Lipinski definition) is 3. The number of carbonyl (C=O) groups excluding carboxylic acids is 1. The molecule has 1 aliphatic heterocycles. The van der Waals surface area contributed by atoms with E-state index >= 15 is 0 Å². The van der Waals surface area contributed by atoms with E-state index in [0.29, 0.717) is 11.3 Å². The summed E-state index contributed by atoms with van der Waals surface area (Å²) in [4.78, 5) is 10.9. The van der Waals surface area contributed by atoms with Crippen LogP contribution in [0.3, 0.4) is 0 Å². The fourth-order valence-electron chi connectivity index (χ4n) is 1.91. The lowest BCUT2D eigenvalue weighted by Crippen LogP contribution is -2.31. The quantitative estimate of drug-likeness (QED) is 0.676. The minimum atomic E-state index is -3.17. The van der Waals surface area contributed by atoms with Gasteiger partial charge in [0.2, 0.25) is 5.91 Å². The molecule has 2 rings (SSSR count). The highest BCUT2D eigenvalue weighted by Crippen LogP contribution is 2.18. The minimum absolute atomic E-state index is 0.0915. The number of carbonyl (C=O) groups is 1. The van der Waals surface area contributed by atoms with Gasteiger partial charge in [-0.3, -0.25) is 4.79 Å². The number of benzene rings is 1. The number of amides is 1. The molecule has 4 N–H and O–H groups in total. The molecule has 1 amide bonds. The van der Waals surface area contributed by atoms with Crippen LogP contribution >= 0.6 is 0 Å². The molecule has 1 aliphatic rings. The Labute approximate surface area is 105 Å². The number of anilines is 1. The molecular weight excluding hydrogens is 256 g/mol. The molecule has 1 heterocycles. The first-order valence-corrected chi connectivity index (χ1v) is 7.24. The van der Waals surface area contributed by atoms with E-state index in [1.54, 1.807) is 24.3 Å². The lowest BCUT2D eigenvalue weighted by molar-refractivity contribution is 0.100. The Morgan fingerprint density at radius 3 is 2.33 bits per heavy atom. The first kappa shape index (κ1) is 12.8. The topological polar surface area (TPSA) is 109 Å². The number of rotatable bonds is 3. The predicted molar refractivity (Wildman–Crippen MR) is 67.0 cm³/mol. The van der Waals surface area contributed by atoms with Crippen molar-refractivity contribution < 1.29 is 18.3 Å². The highest BCUT2D eigenvalue weighted by molar-refractivity contribution is 7.91. The van der Waals surface area contributed by atoms with Gasteiger partial charge in [-0.2, -0.15) is 0 Å². The van der Waals surface area contributed by atoms with Crippen LogP contribution in [0.4, 0.5) is 5.69 Å². The van der Waals surface area contributed by atoms with E-state index in [-0.39, 0.29) is 11.5 Å². The van der Waals surface area contributed by atoms with Gasteiger partial charge in [-0.25, -0.2) is 8.42 Å². The summed E-state index contributed by atoms with van der Waals surface area (Å²) >= 11 is 0. The van der Waals surface area contributed by atoms with E-state index in [2.05, 4.69) is 5.32 Å². The van der Waals surface area contributed by atoms with Crippen molar-refractivity contribution in [2.24, 2.45) is 5.73 Å². The minimum Gasteiger partial charge on any atom is -0.390 e. The molecule has 1 saturated heterocycles. The van der Waals surface area contributed by atoms with Gasteiger partial charge in [0.05, 0.1) is 23.7 Å². The predicted octanol–water partition coefficient (Wildman–Crippen LogP) is -0.645. The second-order valence-corrected chi connectivity index (χ2v) is 6.49. The van der Waals surface area contributed by atoms with E-state index < -0.39 is 27.9 Å². The molecule has 0 aromatic heterocycles. The van der Waals surface area contributed by atoms with Crippen LogP contribution in [0.15, 0.2) is 24.3 Å². The summed E-state index contributed by atoms with van der Waals surface area (Å²) in [6, 6.07) is 5.81. The molecule has 0 saturated carbocycles. The van der Waals surface area contributed by atoms with Crippen LogP contribution < -0.4 is 11.1 Å². The third-order valence-corrected chi connectivity index (χ3v) is 4.56. The van der Waals surface area contributed by atoms with Crippen molar-refractivity contribution in [3.8, 4) is 0 Å². The number of nitrogens with two attached hydrogens (primary N) is 1. The number of sulfone groups is 1. The zero-order valence-electron chi connectivity index (χ0n) is 9.54. The van der Waals surface area contributed by atoms with E-state index in [0.717, 1.165) is 0 Å². The lowest BCUT2D eigenvalue weighted by Gasteiger charge is -2.16. The molecule has 1 aromatic carbocycles. The highest BCUT2D eigenvalue weighted by atomic mass is 32.2. The molecule has 18 heavy (non-hydrogen) atoms. The number of hydrogen-bond acceptors (Lipinski definition) is 5. The van der Waals surface area contributed by atoms with Crippen LogP contribution in [-0.2, 0) is 9.84 Å². The Hall–Kier alpha value is -1.60. The molecule has 1 fully saturated rings. The number of aliphatic hydroxyl groups is 1. The zero-order chi connectivity index (χ0) is 13.3. The van der Waals surface area contributed by atoms with Gasteiger partial charge in [-0.15, -0.1) is 0 Å². The smallest absolute Gasteiger partial charge is 0.248 e. The van der Waals surface area contributed by atoms with Gasteiger partial charge >= 0.3 is 0 Å². The summed E-state index contributed by atoms with van der Waals surface area (Å²) in [6.07, 6.45) is -0.911. The van der Waals surface area contributed by atoms with Crippen molar-refractivity contribution >= 4 is 21.4 Å². The monoisotopic (exact) mass is 270 g/mol. The third kappa shape index (κ3) is 2.80. The van der Waals surface area contributed by atoms with Gasteiger partial charge in [0.25, 0.3) is 0 Å². The maximum absolute atomic E-state index is 11.3. The molecule has 0 radical (unpaired) electrons. The summed E-state index contributed by atoms with van der Waals surface area (Å²) in [5, 5.41) is 12.5. The van der Waals surface area contributed by atoms with Gasteiger partial charge in [-0.05, 0) is 24.3 Å². The standard InChI is InChI=1S/C11H14N2O4S/c12-11(15)7-1-3-8(4-2-7)13-9-5-18(16,17)6-10(9)14/h1-4,9-10,13-14H,5-6H2,(H2,12,15). The lowest BCUT2D eigenvalue weighted by atomic mass is 10.1. The Balaban J connectivity index is 2.08. The average Bonchev–Trinajstić information content (AvgIpc) is 2.52. The molecule has 6 nitrogen and oxygen atoms in total. The largest absolute Gasteiger partial charge is 0.390 e. The average molecular weight is 270 g/mol. The number of primary amides is 1. The highest BCUT2D eigenvalue weighted by Gasteiger charge is 2.36. The Bertz CT molecular complexity index is 553. The van der Waals surface area contributed by atoms with Crippen LogP contribution in [0.2, 0.25) is 0 Å². The Kier molecular flexibility index (Phi) is 3.27. The van der Waals surface area contributed by atoms with Gasteiger partial charge in [-0.1, -0.05) is 0 Å². The Morgan fingerprint density at radius 2 is 1.89 bits per heavy atom. The van der Waals surface area contributed by atoms with Crippen molar-refractivity contribution in [2.45, 2.75) is 12.1 Å². The van der Waals surface area contributed by atoms with Gasteiger partial charge < -0.3 is 16.2 Å². The van der Waals surface area contributed by atoms with Gasteiger partial charge in [0.1, 0.15) is 0 Å². The molecule has 7 heteroatoms. The fourth-order valence-corrected chi connectivity index (χ4v) is 3.65. The third-order valence-electron chi connectivity index (χ3n) is 2.84. The second kappa shape index (κ2) is 4.58. The molecular formula is C11H14N2O4S. The van der Waals surface area contributed by atoms with Crippen LogP contribution in [0.5, 0.6) is 0 Å². The number of aliphatic hydroxyl groups excluding tert-OH is 1. The van der Waals surface area contributed by atoms with Crippen molar-refractivity contribution in [1.82, 2.24) is 0 Å². The summed E-state index contributed by atoms with van der Waals surface area (Å²) in [7, 11) is -3.17. The van der Waals surface area contributed by atoms with Crippen LogP contribution in [0.1, 0.15) is 10.4 Å². The molecule has 2 unspecified atom stereocenters. The second-order valence-electron chi connectivity index (χ2n) is 4.34.